The van der Waals surface area contributed by atoms with Gasteiger partial charge >= 0.3 is 0 Å². The van der Waals surface area contributed by atoms with Crippen LogP contribution in [0.4, 0.5) is 4.39 Å². The van der Waals surface area contributed by atoms with E-state index >= 15 is 4.39 Å². The van der Waals surface area contributed by atoms with Crippen LogP contribution in [0.25, 0.3) is 10.8 Å². The van der Waals surface area contributed by atoms with Crippen LogP contribution in [-0.4, -0.2) is 6.61 Å². The maximum Gasteiger partial charge on any atom is 0.134 e. The van der Waals surface area contributed by atoms with Crippen LogP contribution in [0.15, 0.2) is 42.5 Å². The van der Waals surface area contributed by atoms with Gasteiger partial charge in [0.25, 0.3) is 0 Å². The number of ether oxygens (including phenoxy) is 1. The Bertz CT molecular complexity index is 726. The minimum Gasteiger partial charge on any atom is -0.490 e. The third-order valence-corrected chi connectivity index (χ3v) is 5.52. The predicted octanol–water partition coefficient (Wildman–Crippen LogP) is 7.01. The molecule has 0 atom stereocenters. The number of hydrogen-bond acceptors (Lipinski definition) is 1. The van der Waals surface area contributed by atoms with Crippen LogP contribution in [0.3, 0.4) is 0 Å². The van der Waals surface area contributed by atoms with Gasteiger partial charge in [-0.15, -0.1) is 0 Å². The quantitative estimate of drug-likeness (QED) is 0.514. The van der Waals surface area contributed by atoms with Crippen LogP contribution in [0.5, 0.6) is 5.75 Å². The molecule has 2 aromatic carbocycles. The van der Waals surface area contributed by atoms with Crippen molar-refractivity contribution in [1.29, 1.82) is 0 Å². The van der Waals surface area contributed by atoms with Gasteiger partial charge in [-0.25, -0.2) is 4.39 Å². The monoisotopic (exact) mass is 340 g/mol. The van der Waals surface area contributed by atoms with Gasteiger partial charge in [0.2, 0.25) is 0 Å². The molecule has 3 rings (SSSR count). The number of fused-ring (bicyclic) bond motifs is 1. The van der Waals surface area contributed by atoms with E-state index in [1.165, 1.54) is 25.7 Å². The average molecular weight is 340 g/mol. The summed E-state index contributed by atoms with van der Waals surface area (Å²) in [6.45, 7) is 4.77. The lowest BCUT2D eigenvalue weighted by molar-refractivity contribution is 0.305. The van der Waals surface area contributed by atoms with Gasteiger partial charge in [-0.1, -0.05) is 44.1 Å². The Morgan fingerprint density at radius 3 is 2.64 bits per heavy atom. The fraction of sp³-hybridized carbons (Fsp3) is 0.478. The second-order valence-electron chi connectivity index (χ2n) is 7.24. The van der Waals surface area contributed by atoms with E-state index in [2.05, 4.69) is 6.92 Å². The first-order valence-corrected chi connectivity index (χ1v) is 9.69. The van der Waals surface area contributed by atoms with Crippen molar-refractivity contribution in [2.45, 2.75) is 58.3 Å². The number of hydrogen-bond donors (Lipinski definition) is 0. The minimum absolute atomic E-state index is 0.0311. The third-order valence-electron chi connectivity index (χ3n) is 5.52. The molecule has 25 heavy (non-hydrogen) atoms. The molecule has 1 aliphatic carbocycles. The van der Waals surface area contributed by atoms with Gasteiger partial charge in [0, 0.05) is 5.39 Å². The third kappa shape index (κ3) is 4.23. The summed E-state index contributed by atoms with van der Waals surface area (Å²) in [5.41, 5.74) is 0.907. The van der Waals surface area contributed by atoms with E-state index in [0.717, 1.165) is 35.5 Å². The number of benzene rings is 2. The fourth-order valence-corrected chi connectivity index (χ4v) is 4.10. The lowest BCUT2D eigenvalue weighted by Crippen LogP contribution is -2.14. The molecule has 2 heteroatoms. The summed E-state index contributed by atoms with van der Waals surface area (Å²) in [6.07, 6.45) is 11.2. The second-order valence-corrected chi connectivity index (χ2v) is 7.24. The zero-order valence-corrected chi connectivity index (χ0v) is 15.4. The molecule has 0 unspecified atom stereocenters. The Morgan fingerprint density at radius 2 is 1.92 bits per heavy atom. The SMILES string of the molecule is CC=CCOc1ccc2c(F)c(C3CCC(CCC)CC3)ccc2c1. The van der Waals surface area contributed by atoms with Gasteiger partial charge in [0.15, 0.2) is 0 Å². The van der Waals surface area contributed by atoms with E-state index < -0.39 is 0 Å². The first-order valence-electron chi connectivity index (χ1n) is 9.69. The smallest absolute Gasteiger partial charge is 0.134 e. The molecule has 0 heterocycles. The molecule has 1 saturated carbocycles. The average Bonchev–Trinajstić information content (AvgIpc) is 2.63. The van der Waals surface area contributed by atoms with Crippen LogP contribution >= 0.6 is 0 Å². The molecule has 0 aliphatic heterocycles. The highest BCUT2D eigenvalue weighted by Gasteiger charge is 2.24. The van der Waals surface area contributed by atoms with Gasteiger partial charge in [-0.2, -0.15) is 0 Å². The van der Waals surface area contributed by atoms with Crippen molar-refractivity contribution in [3.8, 4) is 5.75 Å². The summed E-state index contributed by atoms with van der Waals surface area (Å²) in [4.78, 5) is 0. The number of halogens is 1. The molecule has 2 aromatic rings. The Balaban J connectivity index is 1.77. The van der Waals surface area contributed by atoms with Crippen molar-refractivity contribution in [2.24, 2.45) is 5.92 Å². The van der Waals surface area contributed by atoms with E-state index in [-0.39, 0.29) is 5.82 Å². The van der Waals surface area contributed by atoms with Crippen LogP contribution in [0, 0.1) is 11.7 Å². The van der Waals surface area contributed by atoms with Crippen molar-refractivity contribution in [3.05, 3.63) is 53.9 Å². The van der Waals surface area contributed by atoms with Gasteiger partial charge < -0.3 is 4.74 Å². The summed E-state index contributed by atoms with van der Waals surface area (Å²) < 4.78 is 20.8. The number of rotatable bonds is 6. The molecule has 0 bridgehead atoms. The largest absolute Gasteiger partial charge is 0.490 e. The Morgan fingerprint density at radius 1 is 1.12 bits per heavy atom. The maximum atomic E-state index is 15.1. The summed E-state index contributed by atoms with van der Waals surface area (Å²) in [5, 5.41) is 1.63. The molecule has 0 amide bonds. The molecule has 0 radical (unpaired) electrons. The molecule has 134 valence electrons. The van der Waals surface area contributed by atoms with Crippen molar-refractivity contribution in [1.82, 2.24) is 0 Å². The van der Waals surface area contributed by atoms with Crippen molar-refractivity contribution < 1.29 is 9.13 Å². The van der Waals surface area contributed by atoms with E-state index in [1.54, 1.807) is 0 Å². The zero-order valence-electron chi connectivity index (χ0n) is 15.4. The zero-order chi connectivity index (χ0) is 17.6. The molecule has 1 aliphatic rings. The highest BCUT2D eigenvalue weighted by atomic mass is 19.1. The molecule has 0 aromatic heterocycles. The van der Waals surface area contributed by atoms with Crippen LogP contribution < -0.4 is 4.74 Å². The van der Waals surface area contributed by atoms with Crippen molar-refractivity contribution >= 4 is 10.8 Å². The minimum atomic E-state index is -0.0311. The number of allylic oxidation sites excluding steroid dienone is 1. The summed E-state index contributed by atoms with van der Waals surface area (Å²) in [7, 11) is 0. The second kappa shape index (κ2) is 8.51. The first kappa shape index (κ1) is 18.0. The van der Waals surface area contributed by atoms with Crippen molar-refractivity contribution in [2.75, 3.05) is 6.61 Å². The molecule has 0 N–H and O–H groups in total. The van der Waals surface area contributed by atoms with Crippen LogP contribution in [0.1, 0.15) is 63.9 Å². The fourth-order valence-electron chi connectivity index (χ4n) is 4.10. The highest BCUT2D eigenvalue weighted by Crippen LogP contribution is 2.40. The molecular formula is C23H29FO. The van der Waals surface area contributed by atoms with E-state index in [9.17, 15) is 0 Å². The Labute approximate surface area is 150 Å². The Kier molecular flexibility index (Phi) is 6.12. The standard InChI is InChI=1S/C23H29FO/c1-3-5-15-25-20-12-14-22-19(16-20)11-13-21(23(22)24)18-9-7-17(6-4-2)8-10-18/h3,5,11-14,16-18H,4,6-10,15H2,1-2H3. The van der Waals surface area contributed by atoms with Crippen LogP contribution in [-0.2, 0) is 0 Å². The summed E-state index contributed by atoms with van der Waals surface area (Å²) in [6, 6.07) is 9.72. The molecular weight excluding hydrogens is 311 g/mol. The lowest BCUT2D eigenvalue weighted by Gasteiger charge is -2.29. The van der Waals surface area contributed by atoms with E-state index in [1.807, 2.05) is 49.4 Å². The first-order chi connectivity index (χ1) is 12.2. The van der Waals surface area contributed by atoms with Gasteiger partial charge in [0.1, 0.15) is 18.2 Å². The normalized spacial score (nSPS) is 21.1. The summed E-state index contributed by atoms with van der Waals surface area (Å²) in [5.74, 6) is 1.99. The van der Waals surface area contributed by atoms with E-state index in [4.69, 9.17) is 4.74 Å². The molecule has 0 spiro atoms. The van der Waals surface area contributed by atoms with Gasteiger partial charge in [-0.3, -0.25) is 0 Å². The molecule has 1 fully saturated rings. The highest BCUT2D eigenvalue weighted by molar-refractivity contribution is 5.85. The predicted molar refractivity (Wildman–Crippen MR) is 104 cm³/mol. The lowest BCUT2D eigenvalue weighted by atomic mass is 9.77. The van der Waals surface area contributed by atoms with Crippen molar-refractivity contribution in [3.63, 3.8) is 0 Å². The maximum absolute atomic E-state index is 15.1. The molecule has 0 saturated heterocycles. The van der Waals surface area contributed by atoms with Gasteiger partial charge in [-0.05, 0) is 73.6 Å². The summed E-state index contributed by atoms with van der Waals surface area (Å²) >= 11 is 0. The Hall–Kier alpha value is -1.83. The van der Waals surface area contributed by atoms with E-state index in [0.29, 0.717) is 17.9 Å². The molecule has 1 nitrogen and oxygen atoms in total. The van der Waals surface area contributed by atoms with Gasteiger partial charge in [0.05, 0.1) is 0 Å². The topological polar surface area (TPSA) is 9.23 Å². The van der Waals surface area contributed by atoms with Crippen LogP contribution in [0.2, 0.25) is 0 Å².